The number of benzene rings is 1. The van der Waals surface area contributed by atoms with Gasteiger partial charge in [0.2, 0.25) is 0 Å². The standard InChI is InChI=1S/C11H12BrN5O/c12-8-1-3-9(4-2-8)14-11(18)10-7-17(6-5-13)16-15-10/h1-4,7H,5-6,13H2,(H,14,18). The van der Waals surface area contributed by atoms with Crippen molar-refractivity contribution >= 4 is 27.5 Å². The number of aromatic nitrogens is 3. The fourth-order valence-corrected chi connectivity index (χ4v) is 1.64. The highest BCUT2D eigenvalue weighted by atomic mass is 79.9. The van der Waals surface area contributed by atoms with Gasteiger partial charge in [-0.3, -0.25) is 9.48 Å². The summed E-state index contributed by atoms with van der Waals surface area (Å²) < 4.78 is 2.49. The molecule has 0 fully saturated rings. The summed E-state index contributed by atoms with van der Waals surface area (Å²) in [6.45, 7) is 0.996. The van der Waals surface area contributed by atoms with E-state index in [1.54, 1.807) is 18.3 Å². The van der Waals surface area contributed by atoms with Gasteiger partial charge >= 0.3 is 0 Å². The van der Waals surface area contributed by atoms with Gasteiger partial charge in [-0.05, 0) is 24.3 Å². The van der Waals surface area contributed by atoms with E-state index in [0.717, 1.165) is 4.47 Å². The molecular formula is C11H12BrN5O. The molecule has 7 heteroatoms. The Labute approximate surface area is 112 Å². The van der Waals surface area contributed by atoms with E-state index in [0.29, 0.717) is 18.8 Å². The average molecular weight is 310 g/mol. The van der Waals surface area contributed by atoms with Crippen molar-refractivity contribution in [1.82, 2.24) is 15.0 Å². The maximum Gasteiger partial charge on any atom is 0.277 e. The smallest absolute Gasteiger partial charge is 0.277 e. The molecule has 0 aliphatic heterocycles. The number of hydrogen-bond acceptors (Lipinski definition) is 4. The van der Waals surface area contributed by atoms with Crippen LogP contribution in [0.5, 0.6) is 0 Å². The van der Waals surface area contributed by atoms with E-state index >= 15 is 0 Å². The number of hydrogen-bond donors (Lipinski definition) is 2. The van der Waals surface area contributed by atoms with Gasteiger partial charge in [0.15, 0.2) is 5.69 Å². The third-order valence-corrected chi connectivity index (χ3v) is 2.76. The number of nitrogens with one attached hydrogen (secondary N) is 1. The Bertz CT molecular complexity index is 537. The first kappa shape index (κ1) is 12.7. The van der Waals surface area contributed by atoms with Gasteiger partial charge in [-0.15, -0.1) is 5.10 Å². The van der Waals surface area contributed by atoms with Crippen molar-refractivity contribution in [1.29, 1.82) is 0 Å². The minimum absolute atomic E-state index is 0.270. The minimum Gasteiger partial charge on any atom is -0.329 e. The second-order valence-electron chi connectivity index (χ2n) is 3.62. The van der Waals surface area contributed by atoms with Crippen LogP contribution in [0.15, 0.2) is 34.9 Å². The zero-order valence-corrected chi connectivity index (χ0v) is 11.1. The van der Waals surface area contributed by atoms with Gasteiger partial charge in [0.05, 0.1) is 12.7 Å². The molecule has 18 heavy (non-hydrogen) atoms. The number of carbonyl (C=O) groups excluding carboxylic acids is 1. The van der Waals surface area contributed by atoms with Gasteiger partial charge in [-0.2, -0.15) is 0 Å². The first-order valence-corrected chi connectivity index (χ1v) is 6.15. The Morgan fingerprint density at radius 3 is 2.78 bits per heavy atom. The quantitative estimate of drug-likeness (QED) is 0.890. The van der Waals surface area contributed by atoms with E-state index in [2.05, 4.69) is 31.6 Å². The van der Waals surface area contributed by atoms with Crippen LogP contribution in [0.4, 0.5) is 5.69 Å². The maximum absolute atomic E-state index is 11.8. The SMILES string of the molecule is NCCn1cc(C(=O)Nc2ccc(Br)cc2)nn1. The van der Waals surface area contributed by atoms with E-state index < -0.39 is 0 Å². The Hall–Kier alpha value is -1.73. The van der Waals surface area contributed by atoms with Crippen LogP contribution in [0.2, 0.25) is 0 Å². The lowest BCUT2D eigenvalue weighted by atomic mass is 10.3. The summed E-state index contributed by atoms with van der Waals surface area (Å²) in [4.78, 5) is 11.8. The van der Waals surface area contributed by atoms with E-state index in [-0.39, 0.29) is 11.6 Å². The van der Waals surface area contributed by atoms with E-state index in [1.165, 1.54) is 4.68 Å². The third kappa shape index (κ3) is 3.14. The molecule has 2 aromatic rings. The molecule has 0 bridgehead atoms. The molecule has 0 saturated carbocycles. The molecule has 0 radical (unpaired) electrons. The molecule has 0 aliphatic rings. The lowest BCUT2D eigenvalue weighted by Gasteiger charge is -2.02. The van der Waals surface area contributed by atoms with Crippen molar-refractivity contribution in [3.63, 3.8) is 0 Å². The molecule has 1 aromatic heterocycles. The van der Waals surface area contributed by atoms with Crippen molar-refractivity contribution in [2.24, 2.45) is 5.73 Å². The van der Waals surface area contributed by atoms with Crippen molar-refractivity contribution in [3.8, 4) is 0 Å². The van der Waals surface area contributed by atoms with Crippen LogP contribution in [0.1, 0.15) is 10.5 Å². The van der Waals surface area contributed by atoms with Gasteiger partial charge in [-0.25, -0.2) is 0 Å². The first-order valence-electron chi connectivity index (χ1n) is 5.36. The van der Waals surface area contributed by atoms with Gasteiger partial charge in [-0.1, -0.05) is 21.1 Å². The molecule has 1 amide bonds. The van der Waals surface area contributed by atoms with Crippen molar-refractivity contribution in [2.45, 2.75) is 6.54 Å². The molecule has 0 aliphatic carbocycles. The number of anilines is 1. The molecule has 0 spiro atoms. The first-order chi connectivity index (χ1) is 8.69. The predicted molar refractivity (Wildman–Crippen MR) is 71.2 cm³/mol. The largest absolute Gasteiger partial charge is 0.329 e. The van der Waals surface area contributed by atoms with E-state index in [4.69, 9.17) is 5.73 Å². The Morgan fingerprint density at radius 2 is 2.11 bits per heavy atom. The van der Waals surface area contributed by atoms with Crippen LogP contribution in [-0.2, 0) is 6.54 Å². The predicted octanol–water partition coefficient (Wildman–Crippen LogP) is 1.25. The zero-order chi connectivity index (χ0) is 13.0. The summed E-state index contributed by atoms with van der Waals surface area (Å²) in [5.41, 5.74) is 6.36. The highest BCUT2D eigenvalue weighted by molar-refractivity contribution is 9.10. The summed E-state index contributed by atoms with van der Waals surface area (Å²) >= 11 is 3.33. The monoisotopic (exact) mass is 309 g/mol. The Kier molecular flexibility index (Phi) is 4.06. The number of amides is 1. The lowest BCUT2D eigenvalue weighted by molar-refractivity contribution is 0.102. The van der Waals surface area contributed by atoms with Crippen LogP contribution < -0.4 is 11.1 Å². The van der Waals surface area contributed by atoms with Crippen LogP contribution in [0.3, 0.4) is 0 Å². The molecule has 94 valence electrons. The summed E-state index contributed by atoms with van der Waals surface area (Å²) in [5, 5.41) is 10.3. The fourth-order valence-electron chi connectivity index (χ4n) is 1.37. The summed E-state index contributed by atoms with van der Waals surface area (Å²) in [6.07, 6.45) is 1.57. The number of rotatable bonds is 4. The van der Waals surface area contributed by atoms with Gasteiger partial charge < -0.3 is 11.1 Å². The normalized spacial score (nSPS) is 10.3. The number of halogens is 1. The summed E-state index contributed by atoms with van der Waals surface area (Å²) in [7, 11) is 0. The molecular weight excluding hydrogens is 298 g/mol. The molecule has 1 aromatic carbocycles. The second kappa shape index (κ2) is 5.74. The second-order valence-corrected chi connectivity index (χ2v) is 4.53. The van der Waals surface area contributed by atoms with Crippen LogP contribution >= 0.6 is 15.9 Å². The Balaban J connectivity index is 2.04. The highest BCUT2D eigenvalue weighted by Crippen LogP contribution is 2.14. The van der Waals surface area contributed by atoms with Gasteiger partial charge in [0.25, 0.3) is 5.91 Å². The zero-order valence-electron chi connectivity index (χ0n) is 9.51. The molecule has 6 nitrogen and oxygen atoms in total. The average Bonchev–Trinajstić information content (AvgIpc) is 2.81. The lowest BCUT2D eigenvalue weighted by Crippen LogP contribution is -2.12. The van der Waals surface area contributed by atoms with E-state index in [9.17, 15) is 4.79 Å². The minimum atomic E-state index is -0.291. The summed E-state index contributed by atoms with van der Waals surface area (Å²) in [6, 6.07) is 7.29. The fraction of sp³-hybridized carbons (Fsp3) is 0.182. The molecule has 1 heterocycles. The molecule has 3 N–H and O–H groups in total. The number of nitrogens with two attached hydrogens (primary N) is 1. The van der Waals surface area contributed by atoms with Crippen LogP contribution in [0.25, 0.3) is 0 Å². The Morgan fingerprint density at radius 1 is 1.39 bits per heavy atom. The molecule has 0 unspecified atom stereocenters. The molecule has 0 atom stereocenters. The number of nitrogens with zero attached hydrogens (tertiary/aromatic N) is 3. The van der Waals surface area contributed by atoms with E-state index in [1.807, 2.05) is 12.1 Å². The van der Waals surface area contributed by atoms with Crippen molar-refractivity contribution in [3.05, 3.63) is 40.6 Å². The number of carbonyl (C=O) groups is 1. The van der Waals surface area contributed by atoms with Crippen molar-refractivity contribution < 1.29 is 4.79 Å². The highest BCUT2D eigenvalue weighted by Gasteiger charge is 2.10. The topological polar surface area (TPSA) is 85.8 Å². The molecule has 0 saturated heterocycles. The third-order valence-electron chi connectivity index (χ3n) is 2.23. The summed E-state index contributed by atoms with van der Waals surface area (Å²) in [5.74, 6) is -0.291. The van der Waals surface area contributed by atoms with Gasteiger partial charge in [0.1, 0.15) is 0 Å². The maximum atomic E-state index is 11.8. The van der Waals surface area contributed by atoms with Gasteiger partial charge in [0, 0.05) is 16.7 Å². The molecule has 2 rings (SSSR count). The van der Waals surface area contributed by atoms with Crippen molar-refractivity contribution in [2.75, 3.05) is 11.9 Å². The van der Waals surface area contributed by atoms with Crippen LogP contribution in [0, 0.1) is 0 Å². The van der Waals surface area contributed by atoms with Crippen LogP contribution in [-0.4, -0.2) is 27.4 Å².